The van der Waals surface area contributed by atoms with Gasteiger partial charge in [-0.1, -0.05) is 71.2 Å². The van der Waals surface area contributed by atoms with E-state index < -0.39 is 9.96 Å². The molecule has 21 heavy (non-hydrogen) atoms. The lowest BCUT2D eigenvalue weighted by atomic mass is 10.1. The maximum Gasteiger partial charge on any atom is 0.248 e. The first-order valence-corrected chi connectivity index (χ1v) is 7.43. The molecule has 0 aliphatic carbocycles. The minimum Gasteiger partial charge on any atom is -0.333 e. The Bertz CT molecular complexity index is 509. The van der Waals surface area contributed by atoms with Gasteiger partial charge in [0.05, 0.1) is 0 Å². The van der Waals surface area contributed by atoms with Crippen LogP contribution in [0.2, 0.25) is 0 Å². The summed E-state index contributed by atoms with van der Waals surface area (Å²) in [6.45, 7) is 5.67. The van der Waals surface area contributed by atoms with Gasteiger partial charge in [0.1, 0.15) is 6.17 Å². The maximum atomic E-state index is 12.1. The van der Waals surface area contributed by atoms with E-state index in [1.54, 1.807) is 19.1 Å². The first-order valence-electron chi connectivity index (χ1n) is 6.30. The van der Waals surface area contributed by atoms with Gasteiger partial charge in [-0.25, -0.2) is 0 Å². The largest absolute Gasteiger partial charge is 0.333 e. The van der Waals surface area contributed by atoms with Gasteiger partial charge in [-0.15, -0.1) is 6.58 Å². The van der Waals surface area contributed by atoms with Gasteiger partial charge in [0.25, 0.3) is 0 Å². The molecule has 6 heteroatoms. The zero-order valence-corrected chi connectivity index (χ0v) is 13.8. The highest BCUT2D eigenvalue weighted by molar-refractivity contribution is 6.68. The van der Waals surface area contributed by atoms with Crippen molar-refractivity contribution in [1.82, 2.24) is 10.6 Å². The van der Waals surface area contributed by atoms with Crippen LogP contribution in [0.15, 0.2) is 48.6 Å². The third-order valence-corrected chi connectivity index (χ3v) is 3.26. The molecule has 0 aromatic heterocycles. The van der Waals surface area contributed by atoms with Gasteiger partial charge < -0.3 is 5.32 Å². The number of carbonyl (C=O) groups excluding carboxylic acids is 1. The van der Waals surface area contributed by atoms with Crippen molar-refractivity contribution in [1.29, 1.82) is 0 Å². The molecule has 2 N–H and O–H groups in total. The molecule has 0 spiro atoms. The standard InChI is InChI=1S/C15H17Cl3N2O/c1-3-9-19-14(15(16,17)18)20-13(21)11(2)10-12-7-5-4-6-8-12/h3-8,10,14,19H,1,9H2,2H3,(H,20,21). The van der Waals surface area contributed by atoms with Crippen molar-refractivity contribution >= 4 is 46.8 Å². The van der Waals surface area contributed by atoms with Crippen molar-refractivity contribution in [3.8, 4) is 0 Å². The average Bonchev–Trinajstić information content (AvgIpc) is 2.43. The Morgan fingerprint density at radius 3 is 2.48 bits per heavy atom. The topological polar surface area (TPSA) is 41.1 Å². The maximum absolute atomic E-state index is 12.1. The van der Waals surface area contributed by atoms with Crippen molar-refractivity contribution < 1.29 is 4.79 Å². The van der Waals surface area contributed by atoms with Crippen molar-refractivity contribution in [3.05, 3.63) is 54.1 Å². The molecule has 0 aliphatic rings. The van der Waals surface area contributed by atoms with Crippen LogP contribution in [0.5, 0.6) is 0 Å². The van der Waals surface area contributed by atoms with Crippen LogP contribution in [0.25, 0.3) is 6.08 Å². The third-order valence-electron chi connectivity index (χ3n) is 2.61. The van der Waals surface area contributed by atoms with Crippen LogP contribution in [-0.4, -0.2) is 22.4 Å². The number of hydrogen-bond acceptors (Lipinski definition) is 2. The molecule has 1 rings (SSSR count). The molecule has 0 saturated heterocycles. The van der Waals surface area contributed by atoms with E-state index in [4.69, 9.17) is 34.8 Å². The molecule has 0 saturated carbocycles. The Kier molecular flexibility index (Phi) is 7.26. The molecular weight excluding hydrogens is 331 g/mol. The van der Waals surface area contributed by atoms with Crippen molar-refractivity contribution in [2.24, 2.45) is 0 Å². The molecule has 0 fully saturated rings. The second-order valence-electron chi connectivity index (χ2n) is 4.38. The van der Waals surface area contributed by atoms with Crippen LogP contribution in [0.4, 0.5) is 0 Å². The quantitative estimate of drug-likeness (QED) is 0.357. The smallest absolute Gasteiger partial charge is 0.248 e. The number of amides is 1. The number of alkyl halides is 3. The van der Waals surface area contributed by atoms with E-state index in [2.05, 4.69) is 17.2 Å². The van der Waals surface area contributed by atoms with Crippen LogP contribution < -0.4 is 10.6 Å². The second-order valence-corrected chi connectivity index (χ2v) is 6.75. The van der Waals surface area contributed by atoms with Gasteiger partial charge in [0.15, 0.2) is 0 Å². The number of hydrogen-bond donors (Lipinski definition) is 2. The zero-order valence-electron chi connectivity index (χ0n) is 11.6. The Balaban J connectivity index is 2.77. The van der Waals surface area contributed by atoms with E-state index >= 15 is 0 Å². The Morgan fingerprint density at radius 1 is 1.33 bits per heavy atom. The molecule has 1 unspecified atom stereocenters. The summed E-state index contributed by atoms with van der Waals surface area (Å²) in [6.07, 6.45) is 2.56. The monoisotopic (exact) mass is 346 g/mol. The molecule has 0 radical (unpaired) electrons. The van der Waals surface area contributed by atoms with E-state index in [1.807, 2.05) is 30.3 Å². The third kappa shape index (κ3) is 6.53. The van der Waals surface area contributed by atoms with E-state index in [1.165, 1.54) is 0 Å². The van der Waals surface area contributed by atoms with Crippen LogP contribution in [0, 0.1) is 0 Å². The number of rotatable bonds is 6. The van der Waals surface area contributed by atoms with Gasteiger partial charge in [-0.2, -0.15) is 0 Å². The Morgan fingerprint density at radius 2 is 1.95 bits per heavy atom. The van der Waals surface area contributed by atoms with Crippen LogP contribution in [0.3, 0.4) is 0 Å². The predicted octanol–water partition coefficient (Wildman–Crippen LogP) is 3.68. The Hall–Kier alpha value is -1.000. The molecule has 1 amide bonds. The van der Waals surface area contributed by atoms with Gasteiger partial charge in [-0.05, 0) is 18.6 Å². The van der Waals surface area contributed by atoms with E-state index in [0.29, 0.717) is 12.1 Å². The predicted molar refractivity (Wildman–Crippen MR) is 90.5 cm³/mol. The van der Waals surface area contributed by atoms with Gasteiger partial charge in [0, 0.05) is 12.1 Å². The van der Waals surface area contributed by atoms with E-state index in [0.717, 1.165) is 5.56 Å². The molecule has 0 aliphatic heterocycles. The summed E-state index contributed by atoms with van der Waals surface area (Å²) < 4.78 is -1.66. The number of nitrogens with one attached hydrogen (secondary N) is 2. The summed E-state index contributed by atoms with van der Waals surface area (Å²) in [5.41, 5.74) is 1.44. The van der Waals surface area contributed by atoms with Crippen molar-refractivity contribution in [3.63, 3.8) is 0 Å². The lowest BCUT2D eigenvalue weighted by molar-refractivity contribution is -0.118. The summed E-state index contributed by atoms with van der Waals surface area (Å²) in [7, 11) is 0. The lowest BCUT2D eigenvalue weighted by Crippen LogP contribution is -2.53. The highest BCUT2D eigenvalue weighted by atomic mass is 35.6. The van der Waals surface area contributed by atoms with Gasteiger partial charge >= 0.3 is 0 Å². The highest BCUT2D eigenvalue weighted by Crippen LogP contribution is 2.29. The number of carbonyl (C=O) groups is 1. The van der Waals surface area contributed by atoms with Crippen molar-refractivity contribution in [2.45, 2.75) is 16.9 Å². The highest BCUT2D eigenvalue weighted by Gasteiger charge is 2.33. The number of halogens is 3. The van der Waals surface area contributed by atoms with E-state index in [9.17, 15) is 4.79 Å². The normalized spacial score (nSPS) is 13.6. The molecular formula is C15H17Cl3N2O. The molecule has 1 aromatic carbocycles. The fourth-order valence-corrected chi connectivity index (χ4v) is 1.95. The molecule has 1 aromatic rings. The molecule has 3 nitrogen and oxygen atoms in total. The summed E-state index contributed by atoms with van der Waals surface area (Å²) >= 11 is 17.5. The minimum atomic E-state index is -1.66. The van der Waals surface area contributed by atoms with Gasteiger partial charge in [-0.3, -0.25) is 10.1 Å². The Labute approximate surface area is 140 Å². The van der Waals surface area contributed by atoms with Gasteiger partial charge in [0.2, 0.25) is 9.70 Å². The molecule has 114 valence electrons. The molecule has 0 heterocycles. The first kappa shape index (κ1) is 18.1. The summed E-state index contributed by atoms with van der Waals surface area (Å²) in [4.78, 5) is 12.1. The fraction of sp³-hybridized carbons (Fsp3) is 0.267. The molecule has 1 atom stereocenters. The minimum absolute atomic E-state index is 0.313. The SMILES string of the molecule is C=CCNC(NC(=O)C(C)=Cc1ccccc1)C(Cl)(Cl)Cl. The second kappa shape index (κ2) is 8.44. The molecule has 0 bridgehead atoms. The summed E-state index contributed by atoms with van der Waals surface area (Å²) in [5.74, 6) is -0.313. The van der Waals surface area contributed by atoms with Crippen LogP contribution in [-0.2, 0) is 4.79 Å². The lowest BCUT2D eigenvalue weighted by Gasteiger charge is -2.26. The van der Waals surface area contributed by atoms with E-state index in [-0.39, 0.29) is 5.91 Å². The van der Waals surface area contributed by atoms with Crippen LogP contribution in [0.1, 0.15) is 12.5 Å². The first-order chi connectivity index (χ1) is 9.84. The fourth-order valence-electron chi connectivity index (χ4n) is 1.56. The zero-order chi connectivity index (χ0) is 15.9. The summed E-state index contributed by atoms with van der Waals surface area (Å²) in [6, 6.07) is 9.50. The van der Waals surface area contributed by atoms with Crippen molar-refractivity contribution in [2.75, 3.05) is 6.54 Å². The van der Waals surface area contributed by atoms with Crippen LogP contribution >= 0.6 is 34.8 Å². The summed E-state index contributed by atoms with van der Waals surface area (Å²) in [5, 5.41) is 5.54. The average molecular weight is 348 g/mol. The number of benzene rings is 1.